The lowest BCUT2D eigenvalue weighted by Gasteiger charge is -2.55. The van der Waals surface area contributed by atoms with Crippen molar-refractivity contribution in [2.24, 2.45) is 11.3 Å². The van der Waals surface area contributed by atoms with Crippen molar-refractivity contribution in [2.75, 3.05) is 37.6 Å². The van der Waals surface area contributed by atoms with Crippen LogP contribution < -0.4 is 15.0 Å². The number of hydrogen-bond donors (Lipinski definition) is 1. The number of anilines is 1. The van der Waals surface area contributed by atoms with Gasteiger partial charge in [-0.05, 0) is 108 Å². The number of likely N-dealkylation sites (tertiary alicyclic amines) is 1. The summed E-state index contributed by atoms with van der Waals surface area (Å²) in [5.74, 6) is 1.96. The van der Waals surface area contributed by atoms with Crippen LogP contribution in [0, 0.1) is 17.2 Å². The zero-order chi connectivity index (χ0) is 29.9. The van der Waals surface area contributed by atoms with Gasteiger partial charge >= 0.3 is 0 Å². The molecule has 8 rings (SSSR count). The summed E-state index contributed by atoms with van der Waals surface area (Å²) >= 11 is 0. The highest BCUT2D eigenvalue weighted by atomic mass is 19.1. The smallest absolute Gasteiger partial charge is 0.258 e. The molecule has 0 bridgehead atoms. The van der Waals surface area contributed by atoms with Crippen LogP contribution in [-0.4, -0.2) is 81.9 Å². The van der Waals surface area contributed by atoms with Crippen LogP contribution in [0.3, 0.4) is 0 Å². The lowest BCUT2D eigenvalue weighted by molar-refractivity contribution is -0.120. The molecule has 1 aromatic heterocycles. The number of rotatable bonds is 8. The van der Waals surface area contributed by atoms with E-state index in [1.807, 2.05) is 4.90 Å². The van der Waals surface area contributed by atoms with E-state index >= 15 is 0 Å². The molecule has 2 spiro atoms. The molecule has 6 fully saturated rings. The van der Waals surface area contributed by atoms with Crippen molar-refractivity contribution in [3.63, 3.8) is 0 Å². The molecule has 1 aromatic carbocycles. The van der Waals surface area contributed by atoms with Gasteiger partial charge in [-0.2, -0.15) is 0 Å². The molecule has 4 heterocycles. The lowest BCUT2D eigenvalue weighted by Crippen LogP contribution is -2.61. The minimum atomic E-state index is -0.442. The Morgan fingerprint density at radius 3 is 2.39 bits per heavy atom. The maximum absolute atomic E-state index is 14.4. The number of nitrogens with zero attached hydrogens (tertiary/aromatic N) is 5. The number of benzene rings is 1. The lowest BCUT2D eigenvalue weighted by atomic mass is 9.71. The van der Waals surface area contributed by atoms with Gasteiger partial charge in [0, 0.05) is 49.1 Å². The van der Waals surface area contributed by atoms with E-state index in [-0.39, 0.29) is 40.4 Å². The van der Waals surface area contributed by atoms with Crippen molar-refractivity contribution in [3.05, 3.63) is 42.1 Å². The number of carbonyl (C=O) groups excluding carboxylic acids is 2. The largest absolute Gasteiger partial charge is 0.451 e. The molecule has 234 valence electrons. The Bertz CT molecular complexity index is 1410. The highest BCUT2D eigenvalue weighted by Gasteiger charge is 2.47. The third-order valence-corrected chi connectivity index (χ3v) is 11.2. The summed E-state index contributed by atoms with van der Waals surface area (Å²) < 4.78 is 20.7. The second-order valence-corrected chi connectivity index (χ2v) is 14.6. The first-order valence-electron chi connectivity index (χ1n) is 16.8. The third-order valence-electron chi connectivity index (χ3n) is 11.2. The average molecular weight is 603 g/mol. The summed E-state index contributed by atoms with van der Waals surface area (Å²) in [7, 11) is 0. The van der Waals surface area contributed by atoms with Crippen LogP contribution in [0.2, 0.25) is 0 Å². The van der Waals surface area contributed by atoms with Crippen molar-refractivity contribution >= 4 is 17.6 Å². The summed E-state index contributed by atoms with van der Waals surface area (Å²) in [6.45, 7) is 5.27. The van der Waals surface area contributed by atoms with Crippen molar-refractivity contribution in [1.29, 1.82) is 0 Å². The predicted molar refractivity (Wildman–Crippen MR) is 163 cm³/mol. The zero-order valence-corrected chi connectivity index (χ0v) is 25.5. The summed E-state index contributed by atoms with van der Waals surface area (Å²) in [6, 6.07) is 4.74. The maximum atomic E-state index is 14.4. The maximum Gasteiger partial charge on any atom is 0.258 e. The molecule has 10 heteroatoms. The SMILES string of the molecule is O=C1CC[C@]2(CC[C@@H](CN3CCC4(CC3)CN(c3ncncc3Oc3ccc(F)cc3C(=O)N(C3CC3)C3CC3)C4)CC2)N1. The number of nitrogens with one attached hydrogen (secondary N) is 1. The first kappa shape index (κ1) is 28.2. The predicted octanol–water partition coefficient (Wildman–Crippen LogP) is 4.92. The molecule has 2 aromatic rings. The molecular weight excluding hydrogens is 559 g/mol. The fraction of sp³-hybridized carbons (Fsp3) is 0.647. The Labute approximate surface area is 258 Å². The summed E-state index contributed by atoms with van der Waals surface area (Å²) in [6.07, 6.45) is 16.0. The highest BCUT2D eigenvalue weighted by Crippen LogP contribution is 2.46. The van der Waals surface area contributed by atoms with Crippen LogP contribution in [0.15, 0.2) is 30.7 Å². The minimum absolute atomic E-state index is 0.0971. The molecule has 0 atom stereocenters. The Balaban J connectivity index is 0.882. The Kier molecular flexibility index (Phi) is 7.03. The van der Waals surface area contributed by atoms with E-state index in [1.165, 1.54) is 44.4 Å². The number of hydrogen-bond acceptors (Lipinski definition) is 7. The number of piperidine rings is 1. The summed E-state index contributed by atoms with van der Waals surface area (Å²) in [4.78, 5) is 41.1. The van der Waals surface area contributed by atoms with Crippen LogP contribution in [0.5, 0.6) is 11.5 Å². The van der Waals surface area contributed by atoms with Gasteiger partial charge in [-0.3, -0.25) is 9.59 Å². The first-order chi connectivity index (χ1) is 21.4. The standard InChI is InChI=1S/C34H43FN6O3/c35-24-1-6-28(27(17-24)32(43)41(25-2-3-25)26-4-5-26)44-29-18-36-22-37-31(29)40-20-33(21-40)13-15-39(16-14-33)19-23-7-10-34(11-8-23)12-9-30(42)38-34/h1,6,17-18,22-23,25-26H,2-5,7-16,19-21H2,(H,38,42)/t23-,34-. The Hall–Kier alpha value is -3.27. The van der Waals surface area contributed by atoms with E-state index in [0.717, 1.165) is 82.9 Å². The molecule has 3 saturated heterocycles. The van der Waals surface area contributed by atoms with Gasteiger partial charge in [0.15, 0.2) is 11.6 Å². The van der Waals surface area contributed by atoms with Crippen LogP contribution in [0.25, 0.3) is 0 Å². The topological polar surface area (TPSA) is 90.9 Å². The first-order valence-corrected chi connectivity index (χ1v) is 16.8. The van der Waals surface area contributed by atoms with Gasteiger partial charge < -0.3 is 24.8 Å². The van der Waals surface area contributed by atoms with E-state index in [0.29, 0.717) is 17.9 Å². The summed E-state index contributed by atoms with van der Waals surface area (Å²) in [5, 5.41) is 3.27. The Morgan fingerprint density at radius 1 is 1.00 bits per heavy atom. The molecule has 0 radical (unpaired) electrons. The molecule has 9 nitrogen and oxygen atoms in total. The van der Waals surface area contributed by atoms with E-state index in [1.54, 1.807) is 18.6 Å². The monoisotopic (exact) mass is 602 g/mol. The van der Waals surface area contributed by atoms with E-state index < -0.39 is 5.82 Å². The van der Waals surface area contributed by atoms with Gasteiger partial charge in [0.1, 0.15) is 17.9 Å². The third kappa shape index (κ3) is 5.54. The molecular formula is C34H43FN6O3. The highest BCUT2D eigenvalue weighted by molar-refractivity contribution is 5.98. The average Bonchev–Trinajstić information content (AvgIpc) is 3.96. The van der Waals surface area contributed by atoms with Gasteiger partial charge in [0.2, 0.25) is 5.91 Å². The summed E-state index contributed by atoms with van der Waals surface area (Å²) in [5.41, 5.74) is 0.655. The number of ether oxygens (including phenoxy) is 1. The number of halogens is 1. The normalized spacial score (nSPS) is 28.2. The van der Waals surface area contributed by atoms with Crippen LogP contribution in [0.4, 0.5) is 10.2 Å². The van der Waals surface area contributed by atoms with Gasteiger partial charge in [-0.25, -0.2) is 14.4 Å². The van der Waals surface area contributed by atoms with Crippen molar-refractivity contribution < 1.29 is 18.7 Å². The van der Waals surface area contributed by atoms with Crippen molar-refractivity contribution in [3.8, 4) is 11.5 Å². The second kappa shape index (κ2) is 11.0. The second-order valence-electron chi connectivity index (χ2n) is 14.6. The van der Waals surface area contributed by atoms with E-state index in [4.69, 9.17) is 4.74 Å². The number of aromatic nitrogens is 2. The molecule has 2 amide bonds. The molecule has 0 unspecified atom stereocenters. The quantitative estimate of drug-likeness (QED) is 0.459. The van der Waals surface area contributed by atoms with Gasteiger partial charge in [0.05, 0.1) is 11.8 Å². The van der Waals surface area contributed by atoms with Crippen molar-refractivity contribution in [1.82, 2.24) is 25.1 Å². The zero-order valence-electron chi connectivity index (χ0n) is 25.5. The molecule has 1 N–H and O–H groups in total. The van der Waals surface area contributed by atoms with Gasteiger partial charge in [0.25, 0.3) is 5.91 Å². The van der Waals surface area contributed by atoms with Crippen LogP contribution >= 0.6 is 0 Å². The molecule has 44 heavy (non-hydrogen) atoms. The van der Waals surface area contributed by atoms with Gasteiger partial charge in [-0.1, -0.05) is 0 Å². The van der Waals surface area contributed by atoms with Crippen LogP contribution in [0.1, 0.15) is 87.4 Å². The molecule has 3 aliphatic carbocycles. The Morgan fingerprint density at radius 2 is 1.73 bits per heavy atom. The fourth-order valence-corrected chi connectivity index (χ4v) is 8.34. The van der Waals surface area contributed by atoms with Crippen molar-refractivity contribution in [2.45, 2.75) is 94.7 Å². The number of amides is 2. The van der Waals surface area contributed by atoms with Gasteiger partial charge in [-0.15, -0.1) is 0 Å². The molecule has 6 aliphatic rings. The number of carbonyl (C=O) groups is 2. The fourth-order valence-electron chi connectivity index (χ4n) is 8.34. The molecule has 3 aliphatic heterocycles. The van der Waals surface area contributed by atoms with Crippen LogP contribution in [-0.2, 0) is 4.79 Å². The molecule has 3 saturated carbocycles. The van der Waals surface area contributed by atoms with E-state index in [2.05, 4.69) is 25.1 Å². The van der Waals surface area contributed by atoms with E-state index in [9.17, 15) is 14.0 Å². The minimum Gasteiger partial charge on any atom is -0.451 e.